The second-order valence-electron chi connectivity index (χ2n) is 7.96. The van der Waals surface area contributed by atoms with Crippen LogP contribution >= 0.6 is 0 Å². The summed E-state index contributed by atoms with van der Waals surface area (Å²) in [6.07, 6.45) is 7.37. The molecule has 0 aliphatic heterocycles. The van der Waals surface area contributed by atoms with E-state index in [1.165, 1.54) is 0 Å². The Hall–Kier alpha value is -4.40. The van der Waals surface area contributed by atoms with E-state index in [9.17, 15) is 10.2 Å². The smallest absolute Gasteiger partial charge is 0.292 e. The van der Waals surface area contributed by atoms with Crippen LogP contribution in [0.1, 0.15) is 25.5 Å². The SMILES string of the molecule is CCn1cc[n+](C)c1C([O-])=Nc1ccc(Oc2cccc(N=C([O-])c3n(CC)cc[n+]3C)c2)cc1. The Kier molecular flexibility index (Phi) is 6.96. The van der Waals surface area contributed by atoms with E-state index < -0.39 is 0 Å². The van der Waals surface area contributed by atoms with Crippen LogP contribution in [-0.2, 0) is 27.2 Å². The first-order chi connectivity index (χ1) is 16.9. The molecule has 0 fully saturated rings. The zero-order valence-corrected chi connectivity index (χ0v) is 20.3. The van der Waals surface area contributed by atoms with Gasteiger partial charge >= 0.3 is 0 Å². The minimum atomic E-state index is -0.324. The number of hydrogen-bond acceptors (Lipinski definition) is 5. The lowest BCUT2D eigenvalue weighted by Gasteiger charge is -2.11. The molecule has 0 amide bonds. The van der Waals surface area contributed by atoms with Gasteiger partial charge in [0, 0.05) is 6.07 Å². The minimum Gasteiger partial charge on any atom is -0.853 e. The fraction of sp³-hybridized carbons (Fsp3) is 0.231. The molecule has 0 saturated carbocycles. The average Bonchev–Trinajstić information content (AvgIpc) is 3.42. The van der Waals surface area contributed by atoms with Gasteiger partial charge in [0.25, 0.3) is 11.6 Å². The summed E-state index contributed by atoms with van der Waals surface area (Å²) in [6.45, 7) is 5.32. The molecule has 180 valence electrons. The van der Waals surface area contributed by atoms with E-state index in [-0.39, 0.29) is 11.8 Å². The van der Waals surface area contributed by atoms with Crippen molar-refractivity contribution in [2.45, 2.75) is 26.9 Å². The third kappa shape index (κ3) is 5.24. The van der Waals surface area contributed by atoms with Crippen molar-refractivity contribution in [1.29, 1.82) is 0 Å². The zero-order valence-electron chi connectivity index (χ0n) is 20.3. The van der Waals surface area contributed by atoms with Crippen LogP contribution in [0.4, 0.5) is 11.4 Å². The lowest BCUT2D eigenvalue weighted by molar-refractivity contribution is -0.674. The topological polar surface area (TPSA) is 97.7 Å². The van der Waals surface area contributed by atoms with Crippen LogP contribution in [0, 0.1) is 0 Å². The average molecular weight is 473 g/mol. The fourth-order valence-electron chi connectivity index (χ4n) is 3.78. The molecule has 0 aliphatic carbocycles. The van der Waals surface area contributed by atoms with Crippen molar-refractivity contribution >= 4 is 23.2 Å². The summed E-state index contributed by atoms with van der Waals surface area (Å²) in [4.78, 5) is 8.47. The molecule has 2 aromatic heterocycles. The number of ether oxygens (including phenoxy) is 1. The Morgan fingerprint density at radius 3 is 1.86 bits per heavy atom. The van der Waals surface area contributed by atoms with Crippen LogP contribution in [0.5, 0.6) is 11.5 Å². The van der Waals surface area contributed by atoms with Crippen LogP contribution in [0.25, 0.3) is 0 Å². The molecular formula is C26H28N6O3. The van der Waals surface area contributed by atoms with Crippen molar-refractivity contribution in [3.05, 3.63) is 85.0 Å². The summed E-state index contributed by atoms with van der Waals surface area (Å²) in [5, 5.41) is 25.4. The number of aliphatic imine (C=N–C) groups is 2. The highest BCUT2D eigenvalue weighted by Crippen LogP contribution is 2.27. The van der Waals surface area contributed by atoms with Crippen LogP contribution in [0.3, 0.4) is 0 Å². The van der Waals surface area contributed by atoms with Gasteiger partial charge in [-0.05, 0) is 50.2 Å². The van der Waals surface area contributed by atoms with Crippen LogP contribution in [0.15, 0.2) is 83.3 Å². The molecule has 4 rings (SSSR count). The molecule has 2 heterocycles. The van der Waals surface area contributed by atoms with E-state index in [1.807, 2.05) is 61.9 Å². The maximum absolute atomic E-state index is 12.7. The van der Waals surface area contributed by atoms with Gasteiger partial charge in [-0.1, -0.05) is 6.07 Å². The van der Waals surface area contributed by atoms with Gasteiger partial charge in [-0.3, -0.25) is 9.98 Å². The van der Waals surface area contributed by atoms with Crippen LogP contribution < -0.4 is 24.1 Å². The number of aryl methyl sites for hydroxylation is 4. The minimum absolute atomic E-state index is 0.311. The quantitative estimate of drug-likeness (QED) is 0.222. The second kappa shape index (κ2) is 10.3. The van der Waals surface area contributed by atoms with Crippen LogP contribution in [0.2, 0.25) is 0 Å². The first-order valence-corrected chi connectivity index (χ1v) is 11.4. The lowest BCUT2D eigenvalue weighted by Crippen LogP contribution is -2.40. The molecule has 0 saturated heterocycles. The summed E-state index contributed by atoms with van der Waals surface area (Å²) >= 11 is 0. The van der Waals surface area contributed by atoms with E-state index >= 15 is 0 Å². The Morgan fingerprint density at radius 2 is 1.31 bits per heavy atom. The Labute approximate surface area is 204 Å². The second-order valence-corrected chi connectivity index (χ2v) is 7.96. The number of hydrogen-bond donors (Lipinski definition) is 0. The van der Waals surface area contributed by atoms with Crippen molar-refractivity contribution in [1.82, 2.24) is 9.13 Å². The highest BCUT2D eigenvalue weighted by atomic mass is 16.5. The van der Waals surface area contributed by atoms with Crippen molar-refractivity contribution in [3.8, 4) is 11.5 Å². The van der Waals surface area contributed by atoms with Gasteiger partial charge in [-0.15, -0.1) is 0 Å². The Bertz CT molecular complexity index is 1380. The van der Waals surface area contributed by atoms with Crippen molar-refractivity contribution in [2.75, 3.05) is 0 Å². The molecule has 4 aromatic rings. The maximum Gasteiger partial charge on any atom is 0.292 e. The predicted molar refractivity (Wildman–Crippen MR) is 128 cm³/mol. The van der Waals surface area contributed by atoms with Crippen LogP contribution in [-0.4, -0.2) is 20.9 Å². The zero-order chi connectivity index (χ0) is 24.9. The molecule has 0 bridgehead atoms. The molecule has 0 N–H and O–H groups in total. The third-order valence-electron chi connectivity index (χ3n) is 5.57. The van der Waals surface area contributed by atoms with Gasteiger partial charge < -0.3 is 14.9 Å². The number of rotatable bonds is 8. The van der Waals surface area contributed by atoms with Gasteiger partial charge in [0.15, 0.2) is 0 Å². The molecular weight excluding hydrogens is 444 g/mol. The molecule has 2 aromatic carbocycles. The monoisotopic (exact) mass is 472 g/mol. The largest absolute Gasteiger partial charge is 0.853 e. The fourth-order valence-corrected chi connectivity index (χ4v) is 3.78. The summed E-state index contributed by atoms with van der Waals surface area (Å²) < 4.78 is 13.1. The summed E-state index contributed by atoms with van der Waals surface area (Å²) in [6, 6.07) is 14.0. The van der Waals surface area contributed by atoms with Crippen molar-refractivity contribution in [3.63, 3.8) is 0 Å². The van der Waals surface area contributed by atoms with E-state index in [1.54, 1.807) is 57.7 Å². The molecule has 0 spiro atoms. The van der Waals surface area contributed by atoms with E-state index in [4.69, 9.17) is 4.74 Å². The summed E-state index contributed by atoms with van der Waals surface area (Å²) in [7, 11) is 3.64. The lowest BCUT2D eigenvalue weighted by atomic mass is 10.3. The number of imidazole rings is 2. The summed E-state index contributed by atoms with van der Waals surface area (Å²) in [5.74, 6) is 1.51. The molecule has 0 radical (unpaired) electrons. The first-order valence-electron chi connectivity index (χ1n) is 11.4. The van der Waals surface area contributed by atoms with Gasteiger partial charge in [0.1, 0.15) is 36.3 Å². The molecule has 35 heavy (non-hydrogen) atoms. The standard InChI is InChI=1S/C26H28N6O3/c1-5-31-16-14-29(3)25(31)23(33)27-19-10-12-21(13-11-19)35-22-9-7-8-20(18-22)28-24(34)26-30(4)15-17-32(26)6-2/h7-18H,5-6H2,1-4H3. The molecule has 0 atom stereocenters. The van der Waals surface area contributed by atoms with E-state index in [2.05, 4.69) is 9.98 Å². The van der Waals surface area contributed by atoms with Gasteiger partial charge in [0.05, 0.1) is 50.4 Å². The van der Waals surface area contributed by atoms with E-state index in [0.717, 1.165) is 0 Å². The molecule has 9 nitrogen and oxygen atoms in total. The highest BCUT2D eigenvalue weighted by molar-refractivity contribution is 5.88. The van der Waals surface area contributed by atoms with Gasteiger partial charge in [0.2, 0.25) is 0 Å². The van der Waals surface area contributed by atoms with Gasteiger partial charge in [-0.2, -0.15) is 0 Å². The molecule has 0 aliphatic rings. The Morgan fingerprint density at radius 1 is 0.771 bits per heavy atom. The van der Waals surface area contributed by atoms with Crippen molar-refractivity contribution < 1.29 is 24.1 Å². The maximum atomic E-state index is 12.7. The Balaban J connectivity index is 1.50. The summed E-state index contributed by atoms with van der Waals surface area (Å²) in [5.41, 5.74) is 1.03. The van der Waals surface area contributed by atoms with Gasteiger partial charge in [-0.25, -0.2) is 18.3 Å². The molecule has 0 unspecified atom stereocenters. The normalized spacial score (nSPS) is 12.2. The van der Waals surface area contributed by atoms with Crippen molar-refractivity contribution in [2.24, 2.45) is 24.1 Å². The highest BCUT2D eigenvalue weighted by Gasteiger charge is 2.14. The third-order valence-corrected chi connectivity index (χ3v) is 5.57. The predicted octanol–water partition coefficient (Wildman–Crippen LogP) is 1.65. The number of nitrogens with zero attached hydrogens (tertiary/aromatic N) is 6. The molecule has 9 heteroatoms. The first kappa shape index (κ1) is 23.7. The van der Waals surface area contributed by atoms with E-state index in [0.29, 0.717) is 47.6 Å². The number of aromatic nitrogens is 4. The number of benzene rings is 2.